The van der Waals surface area contributed by atoms with Crippen LogP contribution in [0.2, 0.25) is 0 Å². The van der Waals surface area contributed by atoms with Gasteiger partial charge in [0, 0.05) is 22.2 Å². The lowest BCUT2D eigenvalue weighted by Crippen LogP contribution is -2.43. The van der Waals surface area contributed by atoms with E-state index in [1.807, 2.05) is 72.2 Å². The van der Waals surface area contributed by atoms with Gasteiger partial charge in [0.25, 0.3) is 0 Å². The molecule has 0 atom stereocenters. The van der Waals surface area contributed by atoms with Gasteiger partial charge in [0.05, 0.1) is 11.4 Å². The highest BCUT2D eigenvalue weighted by Crippen LogP contribution is 2.39. The second-order valence-corrected chi connectivity index (χ2v) is 9.71. The average molecular weight is 488 g/mol. The van der Waals surface area contributed by atoms with E-state index in [4.69, 9.17) is 15.5 Å². The van der Waals surface area contributed by atoms with Gasteiger partial charge < -0.3 is 10.5 Å². The molecule has 1 aliphatic carbocycles. The molecule has 2 heterocycles. The van der Waals surface area contributed by atoms with Crippen LogP contribution in [0.25, 0.3) is 22.7 Å². The SMILES string of the molecule is C=C(C(=NC1=C(C)n2c(nnc2-c2ccccc2)CO1)c1ccc(C2(N)CCC2)cc1)c1ccccc1. The van der Waals surface area contributed by atoms with Crippen LogP contribution in [0.15, 0.2) is 102 Å². The van der Waals surface area contributed by atoms with Crippen molar-refractivity contribution >= 4 is 17.0 Å². The van der Waals surface area contributed by atoms with Crippen LogP contribution < -0.4 is 5.73 Å². The van der Waals surface area contributed by atoms with Gasteiger partial charge in [0.15, 0.2) is 18.3 Å². The molecule has 0 radical (unpaired) electrons. The Bertz CT molecular complexity index is 1510. The maximum atomic E-state index is 6.58. The van der Waals surface area contributed by atoms with Gasteiger partial charge >= 0.3 is 0 Å². The number of aromatic nitrogens is 3. The number of rotatable bonds is 6. The van der Waals surface area contributed by atoms with Gasteiger partial charge in [0.1, 0.15) is 0 Å². The molecule has 0 saturated heterocycles. The largest absolute Gasteiger partial charge is 0.468 e. The van der Waals surface area contributed by atoms with Crippen LogP contribution in [-0.2, 0) is 16.9 Å². The maximum Gasteiger partial charge on any atom is 0.234 e. The molecule has 0 bridgehead atoms. The minimum absolute atomic E-state index is 0.212. The van der Waals surface area contributed by atoms with Crippen LogP contribution in [0.5, 0.6) is 0 Å². The molecule has 1 aliphatic heterocycles. The predicted octanol–water partition coefficient (Wildman–Crippen LogP) is 6.16. The van der Waals surface area contributed by atoms with E-state index in [9.17, 15) is 0 Å². The third-order valence-electron chi connectivity index (χ3n) is 7.35. The van der Waals surface area contributed by atoms with Crippen LogP contribution >= 0.6 is 0 Å². The van der Waals surface area contributed by atoms with E-state index in [0.29, 0.717) is 5.88 Å². The minimum atomic E-state index is -0.212. The van der Waals surface area contributed by atoms with E-state index in [1.54, 1.807) is 0 Å². The van der Waals surface area contributed by atoms with E-state index in [1.165, 1.54) is 6.42 Å². The highest BCUT2D eigenvalue weighted by molar-refractivity contribution is 6.31. The Labute approximate surface area is 216 Å². The van der Waals surface area contributed by atoms with Crippen molar-refractivity contribution in [2.24, 2.45) is 10.7 Å². The molecule has 6 rings (SSSR count). The Balaban J connectivity index is 1.45. The van der Waals surface area contributed by atoms with Crippen LogP contribution in [0, 0.1) is 0 Å². The summed E-state index contributed by atoms with van der Waals surface area (Å²) in [4.78, 5) is 5.07. The first kappa shape index (κ1) is 23.1. The summed E-state index contributed by atoms with van der Waals surface area (Å²) >= 11 is 0. The summed E-state index contributed by atoms with van der Waals surface area (Å²) in [5.41, 5.74) is 12.9. The van der Waals surface area contributed by atoms with Crippen LogP contribution in [0.3, 0.4) is 0 Å². The van der Waals surface area contributed by atoms with Crippen LogP contribution in [0.1, 0.15) is 48.7 Å². The number of nitrogens with zero attached hydrogens (tertiary/aromatic N) is 4. The van der Waals surface area contributed by atoms with Crippen molar-refractivity contribution in [3.63, 3.8) is 0 Å². The smallest absolute Gasteiger partial charge is 0.234 e. The molecule has 0 spiro atoms. The van der Waals surface area contributed by atoms with E-state index in [2.05, 4.69) is 41.0 Å². The molecular formula is C31H29N5O. The van der Waals surface area contributed by atoms with Gasteiger partial charge in [-0.1, -0.05) is 91.5 Å². The topological polar surface area (TPSA) is 78.3 Å². The Morgan fingerprint density at radius 3 is 2.24 bits per heavy atom. The lowest BCUT2D eigenvalue weighted by Gasteiger charge is -2.38. The molecule has 2 aliphatic rings. The fourth-order valence-corrected chi connectivity index (χ4v) is 4.97. The summed E-state index contributed by atoms with van der Waals surface area (Å²) in [7, 11) is 0. The van der Waals surface area contributed by atoms with Crippen LogP contribution in [-0.4, -0.2) is 20.5 Å². The second-order valence-electron chi connectivity index (χ2n) is 9.71. The fraction of sp³-hybridized carbons (Fsp3) is 0.194. The number of nitrogens with two attached hydrogens (primary N) is 1. The maximum absolute atomic E-state index is 6.58. The lowest BCUT2D eigenvalue weighted by molar-refractivity contribution is 0.179. The molecule has 1 fully saturated rings. The Morgan fingerprint density at radius 2 is 1.59 bits per heavy atom. The number of fused-ring (bicyclic) bond motifs is 1. The number of allylic oxidation sites excluding steroid dienone is 2. The first-order chi connectivity index (χ1) is 18.0. The molecule has 2 N–H and O–H groups in total. The van der Waals surface area contributed by atoms with Crippen molar-refractivity contribution in [1.82, 2.24) is 14.8 Å². The van der Waals surface area contributed by atoms with E-state index in [-0.39, 0.29) is 12.1 Å². The zero-order chi connectivity index (χ0) is 25.4. The van der Waals surface area contributed by atoms with Crippen molar-refractivity contribution < 1.29 is 4.74 Å². The van der Waals surface area contributed by atoms with Crippen molar-refractivity contribution in [2.75, 3.05) is 0 Å². The van der Waals surface area contributed by atoms with Crippen molar-refractivity contribution in [1.29, 1.82) is 0 Å². The number of ether oxygens (including phenoxy) is 1. The molecule has 184 valence electrons. The number of hydrogen-bond acceptors (Lipinski definition) is 5. The highest BCUT2D eigenvalue weighted by atomic mass is 16.5. The molecule has 1 saturated carbocycles. The molecule has 1 aromatic heterocycles. The minimum Gasteiger partial charge on any atom is -0.468 e. The van der Waals surface area contributed by atoms with Gasteiger partial charge in [-0.15, -0.1) is 10.2 Å². The van der Waals surface area contributed by atoms with E-state index < -0.39 is 0 Å². The average Bonchev–Trinajstić information content (AvgIpc) is 3.37. The van der Waals surface area contributed by atoms with Crippen molar-refractivity contribution in [2.45, 2.75) is 38.3 Å². The zero-order valence-corrected chi connectivity index (χ0v) is 20.9. The van der Waals surface area contributed by atoms with E-state index in [0.717, 1.165) is 63.7 Å². The molecule has 6 nitrogen and oxygen atoms in total. The van der Waals surface area contributed by atoms with Gasteiger partial charge in [-0.2, -0.15) is 0 Å². The molecule has 6 heteroatoms. The first-order valence-corrected chi connectivity index (χ1v) is 12.6. The number of hydrogen-bond donors (Lipinski definition) is 1. The fourth-order valence-electron chi connectivity index (χ4n) is 4.97. The van der Waals surface area contributed by atoms with Gasteiger partial charge in [-0.25, -0.2) is 4.99 Å². The monoisotopic (exact) mass is 487 g/mol. The molecule has 0 amide bonds. The second kappa shape index (κ2) is 9.30. The van der Waals surface area contributed by atoms with Gasteiger partial charge in [-0.3, -0.25) is 4.57 Å². The Morgan fingerprint density at radius 1 is 0.919 bits per heavy atom. The molecule has 0 unspecified atom stereocenters. The highest BCUT2D eigenvalue weighted by Gasteiger charge is 2.34. The third kappa shape index (κ3) is 4.19. The molecule has 3 aromatic carbocycles. The van der Waals surface area contributed by atoms with Crippen LogP contribution in [0.4, 0.5) is 0 Å². The third-order valence-corrected chi connectivity index (χ3v) is 7.35. The predicted molar refractivity (Wildman–Crippen MR) is 147 cm³/mol. The van der Waals surface area contributed by atoms with E-state index >= 15 is 0 Å². The molecule has 4 aromatic rings. The summed E-state index contributed by atoms with van der Waals surface area (Å²) in [5.74, 6) is 2.04. The zero-order valence-electron chi connectivity index (χ0n) is 20.9. The first-order valence-electron chi connectivity index (χ1n) is 12.6. The van der Waals surface area contributed by atoms with Gasteiger partial charge in [-0.05, 0) is 37.3 Å². The van der Waals surface area contributed by atoms with Crippen molar-refractivity contribution in [3.8, 4) is 11.4 Å². The summed E-state index contributed by atoms with van der Waals surface area (Å²) < 4.78 is 8.14. The lowest BCUT2D eigenvalue weighted by atomic mass is 9.72. The number of aliphatic imine (C=N–C) groups is 1. The summed E-state index contributed by atoms with van der Waals surface area (Å²) in [6.07, 6.45) is 3.22. The normalized spacial score (nSPS) is 16.5. The number of benzene rings is 3. The molecule has 37 heavy (non-hydrogen) atoms. The Hall–Kier alpha value is -4.29. The summed E-state index contributed by atoms with van der Waals surface area (Å²) in [5, 5.41) is 8.80. The quantitative estimate of drug-likeness (QED) is 0.330. The molecular weight excluding hydrogens is 458 g/mol. The Kier molecular flexibility index (Phi) is 5.81. The van der Waals surface area contributed by atoms with Crippen molar-refractivity contribution in [3.05, 3.63) is 120 Å². The van der Waals surface area contributed by atoms with Gasteiger partial charge in [0.2, 0.25) is 5.88 Å². The summed E-state index contributed by atoms with van der Waals surface area (Å²) in [6, 6.07) is 28.6. The standard InChI is InChI=1S/C31H29N5O/c1-21(23-10-5-3-6-11-23)28(24-14-16-26(17-15-24)31(32)18-9-19-31)33-30-22(2)36-27(20-37-30)34-35-29(36)25-12-7-4-8-13-25/h3-8,10-17H,1,9,18-20,32H2,2H3. The summed E-state index contributed by atoms with van der Waals surface area (Å²) in [6.45, 7) is 6.70.